The zero-order valence-corrected chi connectivity index (χ0v) is 11.7. The normalized spacial score (nSPS) is 19.6. The van der Waals surface area contributed by atoms with Gasteiger partial charge in [-0.1, -0.05) is 6.92 Å². The fourth-order valence-corrected chi connectivity index (χ4v) is 2.64. The van der Waals surface area contributed by atoms with Crippen LogP contribution < -0.4 is 5.32 Å². The average molecular weight is 276 g/mol. The highest BCUT2D eigenvalue weighted by atomic mass is 16.4. The van der Waals surface area contributed by atoms with Crippen molar-refractivity contribution in [2.75, 3.05) is 19.6 Å². The van der Waals surface area contributed by atoms with Gasteiger partial charge in [0.1, 0.15) is 0 Å². The van der Waals surface area contributed by atoms with E-state index in [9.17, 15) is 0 Å². The number of rotatable bonds is 5. The van der Waals surface area contributed by atoms with E-state index in [1.807, 2.05) is 12.1 Å². The summed E-state index contributed by atoms with van der Waals surface area (Å²) in [6.45, 7) is 5.99. The van der Waals surface area contributed by atoms with Crippen LogP contribution in [0.2, 0.25) is 0 Å². The summed E-state index contributed by atoms with van der Waals surface area (Å²) in [5.41, 5.74) is 0. The molecule has 0 aliphatic carbocycles. The first-order chi connectivity index (χ1) is 9.86. The third-order valence-electron chi connectivity index (χ3n) is 3.73. The van der Waals surface area contributed by atoms with E-state index in [2.05, 4.69) is 27.3 Å². The molecule has 0 bridgehead atoms. The topological polar surface area (TPSA) is 67.3 Å². The minimum absolute atomic E-state index is 0.447. The van der Waals surface area contributed by atoms with Gasteiger partial charge in [-0.05, 0) is 38.1 Å². The SMILES string of the molecule is CCN(Cc1nnc(-c2ccco2)o1)C1CCCNC1. The second kappa shape index (κ2) is 6.19. The van der Waals surface area contributed by atoms with Crippen LogP contribution in [0.4, 0.5) is 0 Å². The quantitative estimate of drug-likeness (QED) is 0.899. The Morgan fingerprint density at radius 1 is 1.45 bits per heavy atom. The highest BCUT2D eigenvalue weighted by molar-refractivity contribution is 5.42. The molecule has 1 aliphatic heterocycles. The van der Waals surface area contributed by atoms with Crippen molar-refractivity contribution in [2.45, 2.75) is 32.4 Å². The number of hydrogen-bond acceptors (Lipinski definition) is 6. The van der Waals surface area contributed by atoms with Crippen LogP contribution in [-0.4, -0.2) is 40.8 Å². The average Bonchev–Trinajstić information content (AvgIpc) is 3.16. The lowest BCUT2D eigenvalue weighted by Gasteiger charge is -2.32. The molecule has 6 nitrogen and oxygen atoms in total. The molecule has 1 fully saturated rings. The van der Waals surface area contributed by atoms with Gasteiger partial charge < -0.3 is 14.2 Å². The molecule has 2 aromatic rings. The van der Waals surface area contributed by atoms with Gasteiger partial charge in [0.15, 0.2) is 5.76 Å². The maximum absolute atomic E-state index is 5.67. The molecule has 1 saturated heterocycles. The molecule has 0 spiro atoms. The summed E-state index contributed by atoms with van der Waals surface area (Å²) in [7, 11) is 0. The highest BCUT2D eigenvalue weighted by Crippen LogP contribution is 2.19. The number of likely N-dealkylation sites (N-methyl/N-ethyl adjacent to an activating group) is 1. The molecule has 3 heterocycles. The summed E-state index contributed by atoms with van der Waals surface area (Å²) in [6, 6.07) is 4.18. The Balaban J connectivity index is 1.66. The van der Waals surface area contributed by atoms with Crippen LogP contribution in [0.5, 0.6) is 0 Å². The second-order valence-corrected chi connectivity index (χ2v) is 5.04. The van der Waals surface area contributed by atoms with E-state index in [4.69, 9.17) is 8.83 Å². The van der Waals surface area contributed by atoms with Crippen LogP contribution >= 0.6 is 0 Å². The lowest BCUT2D eigenvalue weighted by molar-refractivity contribution is 0.152. The van der Waals surface area contributed by atoms with Gasteiger partial charge in [-0.25, -0.2) is 0 Å². The first-order valence-corrected chi connectivity index (χ1v) is 7.18. The Morgan fingerprint density at radius 2 is 2.40 bits per heavy atom. The van der Waals surface area contributed by atoms with Gasteiger partial charge in [-0.3, -0.25) is 4.90 Å². The monoisotopic (exact) mass is 276 g/mol. The van der Waals surface area contributed by atoms with Crippen molar-refractivity contribution in [1.29, 1.82) is 0 Å². The molecule has 1 aliphatic rings. The summed E-state index contributed by atoms with van der Waals surface area (Å²) in [6.07, 6.45) is 4.05. The van der Waals surface area contributed by atoms with Gasteiger partial charge in [-0.15, -0.1) is 10.2 Å². The molecule has 1 unspecified atom stereocenters. The molecule has 0 aromatic carbocycles. The third kappa shape index (κ3) is 2.91. The van der Waals surface area contributed by atoms with Gasteiger partial charge in [0.2, 0.25) is 5.89 Å². The van der Waals surface area contributed by atoms with Crippen LogP contribution in [0.25, 0.3) is 11.7 Å². The molecule has 20 heavy (non-hydrogen) atoms. The largest absolute Gasteiger partial charge is 0.459 e. The van der Waals surface area contributed by atoms with Gasteiger partial charge in [-0.2, -0.15) is 0 Å². The van der Waals surface area contributed by atoms with Crippen LogP contribution in [0.1, 0.15) is 25.7 Å². The van der Waals surface area contributed by atoms with E-state index in [1.165, 1.54) is 12.8 Å². The fraction of sp³-hybridized carbons (Fsp3) is 0.571. The number of hydrogen-bond donors (Lipinski definition) is 1. The van der Waals surface area contributed by atoms with Gasteiger partial charge in [0, 0.05) is 12.6 Å². The van der Waals surface area contributed by atoms with Crippen molar-refractivity contribution in [1.82, 2.24) is 20.4 Å². The zero-order chi connectivity index (χ0) is 13.8. The Kier molecular flexibility index (Phi) is 4.13. The van der Waals surface area contributed by atoms with Crippen molar-refractivity contribution in [3.63, 3.8) is 0 Å². The summed E-state index contributed by atoms with van der Waals surface area (Å²) in [5, 5.41) is 11.6. The number of furan rings is 1. The smallest absolute Gasteiger partial charge is 0.283 e. The number of aromatic nitrogens is 2. The molecule has 2 aromatic heterocycles. The predicted octanol–water partition coefficient (Wildman–Crippen LogP) is 1.90. The van der Waals surface area contributed by atoms with Gasteiger partial charge in [0.25, 0.3) is 5.89 Å². The van der Waals surface area contributed by atoms with Crippen molar-refractivity contribution < 1.29 is 8.83 Å². The van der Waals surface area contributed by atoms with E-state index >= 15 is 0 Å². The molecule has 1 atom stereocenters. The lowest BCUT2D eigenvalue weighted by atomic mass is 10.1. The molecule has 0 amide bonds. The van der Waals surface area contributed by atoms with Crippen LogP contribution in [0.15, 0.2) is 27.2 Å². The maximum Gasteiger partial charge on any atom is 0.283 e. The number of nitrogens with zero attached hydrogens (tertiary/aromatic N) is 3. The Hall–Kier alpha value is -1.66. The molecule has 6 heteroatoms. The van der Waals surface area contributed by atoms with E-state index in [0.29, 0.717) is 30.1 Å². The standard InChI is InChI=1S/C14H20N4O2/c1-2-18(11-5-3-7-15-9-11)10-13-16-17-14(20-13)12-6-4-8-19-12/h4,6,8,11,15H,2-3,5,7,9-10H2,1H3. The van der Waals surface area contributed by atoms with Crippen LogP contribution in [0.3, 0.4) is 0 Å². The van der Waals surface area contributed by atoms with Gasteiger partial charge in [0.05, 0.1) is 12.8 Å². The van der Waals surface area contributed by atoms with E-state index in [-0.39, 0.29) is 0 Å². The molecule has 0 saturated carbocycles. The van der Waals surface area contributed by atoms with E-state index < -0.39 is 0 Å². The van der Waals surface area contributed by atoms with Crippen LogP contribution in [-0.2, 0) is 6.54 Å². The lowest BCUT2D eigenvalue weighted by Crippen LogP contribution is -2.45. The van der Waals surface area contributed by atoms with Gasteiger partial charge >= 0.3 is 0 Å². The predicted molar refractivity (Wildman–Crippen MR) is 74.0 cm³/mol. The minimum Gasteiger partial charge on any atom is -0.459 e. The Labute approximate surface area is 118 Å². The van der Waals surface area contributed by atoms with Crippen molar-refractivity contribution >= 4 is 0 Å². The molecule has 1 N–H and O–H groups in total. The molecule has 108 valence electrons. The Bertz CT molecular complexity index is 517. The minimum atomic E-state index is 0.447. The van der Waals surface area contributed by atoms with Crippen molar-refractivity contribution in [2.24, 2.45) is 0 Å². The molecule has 3 rings (SSSR count). The van der Waals surface area contributed by atoms with E-state index in [0.717, 1.165) is 19.6 Å². The molecular formula is C14H20N4O2. The van der Waals surface area contributed by atoms with Crippen molar-refractivity contribution in [3.8, 4) is 11.7 Å². The first kappa shape index (κ1) is 13.3. The Morgan fingerprint density at radius 3 is 3.10 bits per heavy atom. The van der Waals surface area contributed by atoms with Crippen molar-refractivity contribution in [3.05, 3.63) is 24.3 Å². The zero-order valence-electron chi connectivity index (χ0n) is 11.7. The molecule has 0 radical (unpaired) electrons. The fourth-order valence-electron chi connectivity index (χ4n) is 2.64. The number of nitrogens with one attached hydrogen (secondary N) is 1. The summed E-state index contributed by atoms with van der Waals surface area (Å²) >= 11 is 0. The molecular weight excluding hydrogens is 256 g/mol. The summed E-state index contributed by atoms with van der Waals surface area (Å²) in [4.78, 5) is 2.38. The summed E-state index contributed by atoms with van der Waals surface area (Å²) < 4.78 is 10.9. The number of piperidine rings is 1. The second-order valence-electron chi connectivity index (χ2n) is 5.04. The van der Waals surface area contributed by atoms with E-state index in [1.54, 1.807) is 6.26 Å². The third-order valence-corrected chi connectivity index (χ3v) is 3.73. The maximum atomic E-state index is 5.67. The first-order valence-electron chi connectivity index (χ1n) is 7.18. The summed E-state index contributed by atoms with van der Waals surface area (Å²) in [5.74, 6) is 1.71. The highest BCUT2D eigenvalue weighted by Gasteiger charge is 2.22. The van der Waals surface area contributed by atoms with Crippen LogP contribution in [0, 0.1) is 0 Å².